The fraction of sp³-hybridized carbons (Fsp3) is 0.286. The molecule has 0 unspecified atom stereocenters. The van der Waals surface area contributed by atoms with Crippen LogP contribution in [-0.2, 0) is 6.54 Å². The van der Waals surface area contributed by atoms with Crippen LogP contribution in [0.4, 0.5) is 10.1 Å². The molecule has 3 rings (SSSR count). The minimum atomic E-state index is -0.397. The summed E-state index contributed by atoms with van der Waals surface area (Å²) in [6.07, 6.45) is 4.91. The maximum absolute atomic E-state index is 13.3. The third-order valence-electron chi connectivity index (χ3n) is 4.55. The number of halogens is 2. The van der Waals surface area contributed by atoms with Crippen molar-refractivity contribution in [3.8, 4) is 11.6 Å². The number of hydrogen-bond donors (Lipinski definition) is 1. The predicted molar refractivity (Wildman–Crippen MR) is 116 cm³/mol. The normalized spacial score (nSPS) is 11.0. The van der Waals surface area contributed by atoms with Crippen molar-refractivity contribution in [1.82, 2.24) is 19.7 Å². The number of carbonyl (C=O) groups excluding carboxylic acids is 1. The lowest BCUT2D eigenvalue weighted by Gasteiger charge is -2.17. The van der Waals surface area contributed by atoms with Gasteiger partial charge in [-0.05, 0) is 59.4 Å². The van der Waals surface area contributed by atoms with Gasteiger partial charge >= 0.3 is 0 Å². The lowest BCUT2D eigenvalue weighted by atomic mass is 10.2. The minimum absolute atomic E-state index is 0.122. The molecule has 0 saturated carbocycles. The molecule has 0 aliphatic heterocycles. The van der Waals surface area contributed by atoms with E-state index in [-0.39, 0.29) is 17.4 Å². The van der Waals surface area contributed by atoms with Gasteiger partial charge in [0.05, 0.1) is 22.9 Å². The number of likely N-dealkylation sites (N-methyl/N-ethyl adjacent to an activating group) is 1. The molecule has 9 heteroatoms. The van der Waals surface area contributed by atoms with Crippen LogP contribution in [0, 0.1) is 5.82 Å². The number of amides is 1. The Morgan fingerprint density at radius 2 is 2.10 bits per heavy atom. The van der Waals surface area contributed by atoms with Gasteiger partial charge in [0.2, 0.25) is 5.88 Å². The molecule has 1 N–H and O–H groups in total. The highest BCUT2D eigenvalue weighted by Gasteiger charge is 2.16. The second-order valence-electron chi connectivity index (χ2n) is 6.51. The number of pyridine rings is 1. The summed E-state index contributed by atoms with van der Waals surface area (Å²) in [4.78, 5) is 19.2. The zero-order valence-electron chi connectivity index (χ0n) is 16.8. The van der Waals surface area contributed by atoms with E-state index in [1.54, 1.807) is 29.2 Å². The van der Waals surface area contributed by atoms with Crippen LogP contribution in [0.1, 0.15) is 24.2 Å². The van der Waals surface area contributed by atoms with E-state index in [9.17, 15) is 9.18 Å². The van der Waals surface area contributed by atoms with Crippen molar-refractivity contribution >= 4 is 27.5 Å². The second-order valence-corrected chi connectivity index (χ2v) is 7.36. The smallest absolute Gasteiger partial charge is 0.261 e. The van der Waals surface area contributed by atoms with Gasteiger partial charge in [-0.25, -0.2) is 9.37 Å². The Labute approximate surface area is 183 Å². The molecule has 0 atom stereocenters. The number of hydrogen-bond acceptors (Lipinski definition) is 5. The Hall–Kier alpha value is -2.78. The lowest BCUT2D eigenvalue weighted by Crippen LogP contribution is -2.27. The van der Waals surface area contributed by atoms with Crippen molar-refractivity contribution in [3.63, 3.8) is 0 Å². The molecule has 2 aromatic heterocycles. The van der Waals surface area contributed by atoms with Gasteiger partial charge in [0, 0.05) is 18.9 Å². The molecule has 30 heavy (non-hydrogen) atoms. The van der Waals surface area contributed by atoms with Crippen LogP contribution in [0.2, 0.25) is 0 Å². The standard InChI is InChI=1S/C21H23BrFN5O2/c1-3-27(4-2)10-11-28-14-16(13-25-28)26-20(29)17-6-5-9-24-21(17)30-19-8-7-15(23)12-18(19)22/h5-9,12-14H,3-4,10-11H2,1-2H3,(H,26,29). The third-order valence-corrected chi connectivity index (χ3v) is 5.17. The quantitative estimate of drug-likeness (QED) is 0.490. The van der Waals surface area contributed by atoms with Crippen molar-refractivity contribution in [2.45, 2.75) is 20.4 Å². The molecule has 0 radical (unpaired) electrons. The molecule has 158 valence electrons. The van der Waals surface area contributed by atoms with Gasteiger partial charge < -0.3 is 15.0 Å². The molecule has 0 aliphatic carbocycles. The van der Waals surface area contributed by atoms with Crippen LogP contribution >= 0.6 is 15.9 Å². The average molecular weight is 476 g/mol. The number of aromatic nitrogens is 3. The average Bonchev–Trinajstić information content (AvgIpc) is 3.18. The van der Waals surface area contributed by atoms with Crippen LogP contribution in [-0.4, -0.2) is 45.2 Å². The molecule has 7 nitrogen and oxygen atoms in total. The number of nitrogens with one attached hydrogen (secondary N) is 1. The molecule has 0 aliphatic rings. The van der Waals surface area contributed by atoms with Gasteiger partial charge in [0.15, 0.2) is 0 Å². The van der Waals surface area contributed by atoms with Gasteiger partial charge in [-0.1, -0.05) is 13.8 Å². The first-order valence-corrected chi connectivity index (χ1v) is 10.4. The van der Waals surface area contributed by atoms with Crippen LogP contribution < -0.4 is 10.1 Å². The second kappa shape index (κ2) is 10.3. The van der Waals surface area contributed by atoms with E-state index in [0.717, 1.165) is 26.2 Å². The van der Waals surface area contributed by atoms with E-state index in [1.165, 1.54) is 24.4 Å². The fourth-order valence-electron chi connectivity index (χ4n) is 2.84. The summed E-state index contributed by atoms with van der Waals surface area (Å²) in [6, 6.07) is 7.28. The Kier molecular flexibility index (Phi) is 7.53. The molecular weight excluding hydrogens is 453 g/mol. The first-order valence-electron chi connectivity index (χ1n) is 9.64. The Morgan fingerprint density at radius 1 is 1.30 bits per heavy atom. The van der Waals surface area contributed by atoms with E-state index in [1.807, 2.05) is 0 Å². The number of carbonyl (C=O) groups is 1. The fourth-order valence-corrected chi connectivity index (χ4v) is 3.27. The first-order chi connectivity index (χ1) is 14.5. The van der Waals surface area contributed by atoms with E-state index in [4.69, 9.17) is 4.74 Å². The van der Waals surface area contributed by atoms with Crippen molar-refractivity contribution in [1.29, 1.82) is 0 Å². The summed E-state index contributed by atoms with van der Waals surface area (Å²) in [5.41, 5.74) is 0.835. The van der Waals surface area contributed by atoms with Crippen LogP contribution in [0.25, 0.3) is 0 Å². The summed E-state index contributed by atoms with van der Waals surface area (Å²) < 4.78 is 21.3. The molecule has 1 aromatic carbocycles. The molecule has 2 heterocycles. The lowest BCUT2D eigenvalue weighted by molar-refractivity contribution is 0.102. The number of benzene rings is 1. The van der Waals surface area contributed by atoms with Crippen molar-refractivity contribution in [3.05, 3.63) is 64.8 Å². The molecule has 0 fully saturated rings. The van der Waals surface area contributed by atoms with Crippen LogP contribution in [0.5, 0.6) is 11.6 Å². The number of anilines is 1. The molecule has 0 spiro atoms. The molecule has 3 aromatic rings. The molecule has 1 amide bonds. The maximum atomic E-state index is 13.3. The number of ether oxygens (including phenoxy) is 1. The van der Waals surface area contributed by atoms with Gasteiger partial charge in [-0.15, -0.1) is 0 Å². The van der Waals surface area contributed by atoms with Crippen molar-refractivity contribution in [2.24, 2.45) is 0 Å². The summed E-state index contributed by atoms with van der Waals surface area (Å²) in [5, 5.41) is 7.12. The summed E-state index contributed by atoms with van der Waals surface area (Å²) in [5.74, 6) is -0.296. The monoisotopic (exact) mass is 475 g/mol. The Morgan fingerprint density at radius 3 is 2.83 bits per heavy atom. The van der Waals surface area contributed by atoms with Gasteiger partial charge in [-0.3, -0.25) is 9.48 Å². The molecule has 0 saturated heterocycles. The van der Waals surface area contributed by atoms with E-state index < -0.39 is 5.82 Å². The van der Waals surface area contributed by atoms with E-state index >= 15 is 0 Å². The largest absolute Gasteiger partial charge is 0.437 e. The minimum Gasteiger partial charge on any atom is -0.437 e. The first kappa shape index (κ1) is 21.9. The van der Waals surface area contributed by atoms with Gasteiger partial charge in [-0.2, -0.15) is 5.10 Å². The third kappa shape index (κ3) is 5.64. The molecule has 0 bridgehead atoms. The van der Waals surface area contributed by atoms with Gasteiger partial charge in [0.25, 0.3) is 5.91 Å². The Bertz CT molecular complexity index is 1010. The Balaban J connectivity index is 1.69. The zero-order valence-corrected chi connectivity index (χ0v) is 18.4. The topological polar surface area (TPSA) is 72.3 Å². The van der Waals surface area contributed by atoms with E-state index in [2.05, 4.69) is 50.1 Å². The maximum Gasteiger partial charge on any atom is 0.261 e. The predicted octanol–water partition coefficient (Wildman–Crippen LogP) is 4.57. The highest BCUT2D eigenvalue weighted by atomic mass is 79.9. The highest BCUT2D eigenvalue weighted by molar-refractivity contribution is 9.10. The SMILES string of the molecule is CCN(CC)CCn1cc(NC(=O)c2cccnc2Oc2ccc(F)cc2Br)cn1. The van der Waals surface area contributed by atoms with Crippen molar-refractivity contribution in [2.75, 3.05) is 25.0 Å². The summed E-state index contributed by atoms with van der Waals surface area (Å²) in [6.45, 7) is 7.82. The highest BCUT2D eigenvalue weighted by Crippen LogP contribution is 2.31. The van der Waals surface area contributed by atoms with Crippen molar-refractivity contribution < 1.29 is 13.9 Å². The van der Waals surface area contributed by atoms with E-state index in [0.29, 0.717) is 15.9 Å². The van der Waals surface area contributed by atoms with Gasteiger partial charge in [0.1, 0.15) is 17.1 Å². The zero-order chi connectivity index (χ0) is 21.5. The van der Waals surface area contributed by atoms with Crippen LogP contribution in [0.3, 0.4) is 0 Å². The summed E-state index contributed by atoms with van der Waals surface area (Å²) >= 11 is 3.25. The number of rotatable bonds is 9. The van der Waals surface area contributed by atoms with Crippen LogP contribution in [0.15, 0.2) is 53.4 Å². The summed E-state index contributed by atoms with van der Waals surface area (Å²) in [7, 11) is 0. The number of nitrogens with zero attached hydrogens (tertiary/aromatic N) is 4. The molecular formula is C21H23BrFN5O2.